The molecule has 7 heteroatoms. The average Bonchev–Trinajstić information content (AvgIpc) is 3.08. The molecule has 1 aliphatic heterocycles. The molecule has 33 heavy (non-hydrogen) atoms. The Bertz CT molecular complexity index is 1240. The summed E-state index contributed by atoms with van der Waals surface area (Å²) in [4.78, 5) is 27.0. The van der Waals surface area contributed by atoms with Gasteiger partial charge >= 0.3 is 0 Å². The lowest BCUT2D eigenvalue weighted by Crippen LogP contribution is -2.27. The second kappa shape index (κ2) is 10.4. The molecule has 0 aromatic heterocycles. The van der Waals surface area contributed by atoms with Crippen molar-refractivity contribution in [1.29, 1.82) is 0 Å². The number of ether oxygens (including phenoxy) is 1. The molecule has 0 bridgehead atoms. The van der Waals surface area contributed by atoms with E-state index in [0.29, 0.717) is 34.4 Å². The SMILES string of the molecule is C=CCc1cc(/C=C2\SC(=O)N(c3ccccc3)C2=O)cc(Br)c1OCc1ccc(Cl)cc1. The lowest BCUT2D eigenvalue weighted by Gasteiger charge is -2.14. The molecule has 1 aliphatic rings. The predicted molar refractivity (Wildman–Crippen MR) is 139 cm³/mol. The number of thioether (sulfide) groups is 1. The van der Waals surface area contributed by atoms with Crippen molar-refractivity contribution in [1.82, 2.24) is 0 Å². The van der Waals surface area contributed by atoms with Crippen molar-refractivity contribution in [3.63, 3.8) is 0 Å². The molecular formula is C26H19BrClNO3S. The summed E-state index contributed by atoms with van der Waals surface area (Å²) in [5.41, 5.74) is 3.26. The van der Waals surface area contributed by atoms with Crippen molar-refractivity contribution in [2.75, 3.05) is 4.90 Å². The van der Waals surface area contributed by atoms with Crippen LogP contribution in [0.4, 0.5) is 10.5 Å². The minimum absolute atomic E-state index is 0.314. The minimum atomic E-state index is -0.333. The van der Waals surface area contributed by atoms with Gasteiger partial charge < -0.3 is 4.74 Å². The monoisotopic (exact) mass is 539 g/mol. The fourth-order valence-electron chi connectivity index (χ4n) is 3.38. The highest BCUT2D eigenvalue weighted by atomic mass is 79.9. The van der Waals surface area contributed by atoms with Crippen LogP contribution in [0.2, 0.25) is 5.02 Å². The fraction of sp³-hybridized carbons (Fsp3) is 0.0769. The smallest absolute Gasteiger partial charge is 0.298 e. The van der Waals surface area contributed by atoms with E-state index in [9.17, 15) is 9.59 Å². The molecule has 4 nitrogen and oxygen atoms in total. The molecule has 3 aromatic rings. The highest BCUT2D eigenvalue weighted by Crippen LogP contribution is 2.38. The van der Waals surface area contributed by atoms with Crippen molar-refractivity contribution in [3.05, 3.63) is 110 Å². The maximum atomic E-state index is 12.9. The van der Waals surface area contributed by atoms with Crippen molar-refractivity contribution in [3.8, 4) is 5.75 Å². The van der Waals surface area contributed by atoms with Gasteiger partial charge in [0.1, 0.15) is 12.4 Å². The topological polar surface area (TPSA) is 46.6 Å². The molecule has 166 valence electrons. The first kappa shape index (κ1) is 23.4. The van der Waals surface area contributed by atoms with E-state index in [0.717, 1.165) is 32.9 Å². The van der Waals surface area contributed by atoms with Crippen LogP contribution in [-0.4, -0.2) is 11.1 Å². The number of halogens is 2. The Kier molecular flexibility index (Phi) is 7.38. The van der Waals surface area contributed by atoms with Gasteiger partial charge in [-0.3, -0.25) is 9.59 Å². The van der Waals surface area contributed by atoms with Crippen molar-refractivity contribution >= 4 is 62.2 Å². The Morgan fingerprint density at radius 1 is 1.06 bits per heavy atom. The van der Waals surface area contributed by atoms with Gasteiger partial charge in [-0.2, -0.15) is 0 Å². The summed E-state index contributed by atoms with van der Waals surface area (Å²) in [5, 5.41) is 0.360. The van der Waals surface area contributed by atoms with Crippen LogP contribution in [0, 0.1) is 0 Å². The molecule has 1 saturated heterocycles. The van der Waals surface area contributed by atoms with Crippen molar-refractivity contribution < 1.29 is 14.3 Å². The van der Waals surface area contributed by atoms with E-state index in [2.05, 4.69) is 22.5 Å². The molecule has 0 atom stereocenters. The van der Waals surface area contributed by atoms with Gasteiger partial charge in [-0.1, -0.05) is 48.0 Å². The number of hydrogen-bond donors (Lipinski definition) is 0. The van der Waals surface area contributed by atoms with Crippen molar-refractivity contribution in [2.24, 2.45) is 0 Å². The Balaban J connectivity index is 1.60. The van der Waals surface area contributed by atoms with E-state index < -0.39 is 0 Å². The summed E-state index contributed by atoms with van der Waals surface area (Å²) in [5.74, 6) is 0.375. The normalized spacial score (nSPS) is 14.7. The number of anilines is 1. The third-order valence-electron chi connectivity index (χ3n) is 4.91. The van der Waals surface area contributed by atoms with Crippen LogP contribution in [0.5, 0.6) is 5.75 Å². The van der Waals surface area contributed by atoms with Crippen LogP contribution >= 0.6 is 39.3 Å². The highest BCUT2D eigenvalue weighted by Gasteiger charge is 2.36. The van der Waals surface area contributed by atoms with Crippen LogP contribution < -0.4 is 9.64 Å². The van der Waals surface area contributed by atoms with Gasteiger partial charge in [0.05, 0.1) is 15.1 Å². The first-order valence-corrected chi connectivity index (χ1v) is 12.1. The second-order valence-corrected chi connectivity index (χ2v) is 9.54. The lowest BCUT2D eigenvalue weighted by molar-refractivity contribution is -0.113. The molecule has 0 spiro atoms. The molecule has 2 amide bonds. The maximum Gasteiger partial charge on any atom is 0.298 e. The zero-order valence-corrected chi connectivity index (χ0v) is 20.6. The standard InChI is InChI=1S/C26H19BrClNO3S/c1-2-6-19-13-18(14-22(27)24(19)32-16-17-9-11-20(28)12-10-17)15-23-25(30)29(26(31)33-23)21-7-4-3-5-8-21/h2-5,7-15H,1,6,16H2/b23-15-. The summed E-state index contributed by atoms with van der Waals surface area (Å²) in [6, 6.07) is 20.2. The number of nitrogens with zero attached hydrogens (tertiary/aromatic N) is 1. The molecule has 0 N–H and O–H groups in total. The highest BCUT2D eigenvalue weighted by molar-refractivity contribution is 9.10. The lowest BCUT2D eigenvalue weighted by atomic mass is 10.1. The summed E-state index contributed by atoms with van der Waals surface area (Å²) < 4.78 is 6.85. The molecule has 1 heterocycles. The van der Waals surface area contributed by atoms with Gasteiger partial charge in [-0.15, -0.1) is 6.58 Å². The van der Waals surface area contributed by atoms with Gasteiger partial charge in [0.25, 0.3) is 11.1 Å². The Morgan fingerprint density at radius 2 is 1.79 bits per heavy atom. The van der Waals surface area contributed by atoms with Crippen LogP contribution in [0.3, 0.4) is 0 Å². The molecule has 1 fully saturated rings. The van der Waals surface area contributed by atoms with E-state index in [-0.39, 0.29) is 11.1 Å². The molecule has 3 aromatic carbocycles. The van der Waals surface area contributed by atoms with Crippen molar-refractivity contribution in [2.45, 2.75) is 13.0 Å². The number of imide groups is 1. The second-order valence-electron chi connectivity index (χ2n) is 7.25. The summed E-state index contributed by atoms with van der Waals surface area (Å²) >= 11 is 10.5. The van der Waals surface area contributed by atoms with Gasteiger partial charge in [0.2, 0.25) is 0 Å². The molecule has 0 unspecified atom stereocenters. The summed E-state index contributed by atoms with van der Waals surface area (Å²) in [7, 11) is 0. The zero-order chi connectivity index (χ0) is 23.4. The molecule has 0 aliphatic carbocycles. The third-order valence-corrected chi connectivity index (χ3v) is 6.62. The number of benzene rings is 3. The number of para-hydroxylation sites is 1. The quantitative estimate of drug-likeness (QED) is 0.228. The van der Waals surface area contributed by atoms with Crippen LogP contribution in [0.15, 0.2) is 88.8 Å². The average molecular weight is 541 g/mol. The number of allylic oxidation sites excluding steroid dienone is 1. The number of amides is 2. The van der Waals surface area contributed by atoms with E-state index >= 15 is 0 Å². The third kappa shape index (κ3) is 5.41. The maximum absolute atomic E-state index is 12.9. The zero-order valence-electron chi connectivity index (χ0n) is 17.5. The van der Waals surface area contributed by atoms with Crippen LogP contribution in [-0.2, 0) is 17.8 Å². The number of carbonyl (C=O) groups is 2. The van der Waals surface area contributed by atoms with Gasteiger partial charge in [-0.05, 0) is 93.3 Å². The minimum Gasteiger partial charge on any atom is -0.487 e. The molecular weight excluding hydrogens is 522 g/mol. The Labute approximate surface area is 210 Å². The Morgan fingerprint density at radius 3 is 2.48 bits per heavy atom. The molecule has 0 radical (unpaired) electrons. The largest absolute Gasteiger partial charge is 0.487 e. The Hall–Kier alpha value is -2.80. The molecule has 4 rings (SSSR count). The number of hydrogen-bond acceptors (Lipinski definition) is 4. The predicted octanol–water partition coefficient (Wildman–Crippen LogP) is 7.65. The summed E-state index contributed by atoms with van der Waals surface area (Å²) in [6.45, 7) is 4.23. The van der Waals surface area contributed by atoms with Gasteiger partial charge in [0.15, 0.2) is 0 Å². The molecule has 0 saturated carbocycles. The van der Waals surface area contributed by atoms with E-state index in [4.69, 9.17) is 16.3 Å². The van der Waals surface area contributed by atoms with E-state index in [1.807, 2.05) is 42.5 Å². The van der Waals surface area contributed by atoms with Crippen LogP contribution in [0.25, 0.3) is 6.08 Å². The van der Waals surface area contributed by atoms with E-state index in [1.54, 1.807) is 36.4 Å². The van der Waals surface area contributed by atoms with E-state index in [1.165, 1.54) is 4.90 Å². The number of rotatable bonds is 7. The van der Waals surface area contributed by atoms with Gasteiger partial charge in [-0.25, -0.2) is 4.90 Å². The first-order valence-electron chi connectivity index (χ1n) is 10.1. The fourth-order valence-corrected chi connectivity index (χ4v) is 4.98. The van der Waals surface area contributed by atoms with Gasteiger partial charge in [0, 0.05) is 5.02 Å². The summed E-state index contributed by atoms with van der Waals surface area (Å²) in [6.07, 6.45) is 4.11. The number of carbonyl (C=O) groups excluding carboxylic acids is 2. The first-order chi connectivity index (χ1) is 16.0. The van der Waals surface area contributed by atoms with Crippen LogP contribution in [0.1, 0.15) is 16.7 Å².